The predicted octanol–water partition coefficient (Wildman–Crippen LogP) is 2.53. The van der Waals surface area contributed by atoms with E-state index in [1.165, 1.54) is 11.8 Å². The van der Waals surface area contributed by atoms with Crippen molar-refractivity contribution in [2.45, 2.75) is 15.8 Å². The monoisotopic (exact) mass is 364 g/mol. The van der Waals surface area contributed by atoms with Crippen LogP contribution < -0.4 is 5.73 Å². The summed E-state index contributed by atoms with van der Waals surface area (Å²) < 4.78 is 38.6. The van der Waals surface area contributed by atoms with Crippen molar-refractivity contribution < 1.29 is 12.8 Å². The number of nitrogen functional groups attached to an aromatic ring is 1. The molecule has 0 aliphatic carbocycles. The van der Waals surface area contributed by atoms with Gasteiger partial charge in [0.15, 0.2) is 0 Å². The van der Waals surface area contributed by atoms with Gasteiger partial charge < -0.3 is 5.73 Å². The van der Waals surface area contributed by atoms with Crippen LogP contribution in [0.4, 0.5) is 10.3 Å². The third-order valence-electron chi connectivity index (χ3n) is 3.13. The van der Waals surface area contributed by atoms with E-state index >= 15 is 0 Å². The van der Waals surface area contributed by atoms with Crippen molar-refractivity contribution in [1.82, 2.24) is 14.2 Å². The molecule has 0 atom stereocenters. The number of anilines is 1. The Bertz CT molecular complexity index is 941. The Hall–Kier alpha value is -2.39. The third kappa shape index (κ3) is 3.41. The first kappa shape index (κ1) is 16.5. The molecule has 0 saturated heterocycles. The predicted molar refractivity (Wildman–Crippen MR) is 89.4 cm³/mol. The zero-order valence-corrected chi connectivity index (χ0v) is 14.0. The molecule has 0 aliphatic heterocycles. The molecule has 1 heterocycles. The number of thioether (sulfide) groups is 1. The first-order valence-electron chi connectivity index (χ1n) is 6.87. The van der Waals surface area contributed by atoms with Crippen LogP contribution in [0.1, 0.15) is 5.56 Å². The first-order chi connectivity index (χ1) is 11.5. The maximum absolute atomic E-state index is 13.0. The Morgan fingerprint density at radius 3 is 2.42 bits per heavy atom. The smallest absolute Gasteiger partial charge is 0.286 e. The largest absolute Gasteiger partial charge is 0.367 e. The van der Waals surface area contributed by atoms with E-state index < -0.39 is 15.8 Å². The van der Waals surface area contributed by atoms with Gasteiger partial charge in [-0.05, 0) is 29.8 Å². The van der Waals surface area contributed by atoms with Crippen LogP contribution in [-0.2, 0) is 15.8 Å². The van der Waals surface area contributed by atoms with E-state index in [2.05, 4.69) is 10.1 Å². The summed E-state index contributed by atoms with van der Waals surface area (Å²) in [6.07, 6.45) is 0. The van der Waals surface area contributed by atoms with Crippen molar-refractivity contribution in [3.05, 3.63) is 66.0 Å². The minimum Gasteiger partial charge on any atom is -0.367 e. The van der Waals surface area contributed by atoms with Gasteiger partial charge in [-0.3, -0.25) is 0 Å². The highest BCUT2D eigenvalue weighted by atomic mass is 32.2. The fourth-order valence-corrected chi connectivity index (χ4v) is 3.95. The molecular weight excluding hydrogens is 351 g/mol. The number of hydrogen-bond acceptors (Lipinski definition) is 6. The molecule has 1 aromatic heterocycles. The van der Waals surface area contributed by atoms with Gasteiger partial charge in [-0.2, -0.15) is 13.4 Å². The van der Waals surface area contributed by atoms with Crippen LogP contribution in [-0.4, -0.2) is 22.6 Å². The Kier molecular flexibility index (Phi) is 4.54. The summed E-state index contributed by atoms with van der Waals surface area (Å²) in [6.45, 7) is 0. The molecule has 2 N–H and O–H groups in total. The summed E-state index contributed by atoms with van der Waals surface area (Å²) in [4.78, 5) is 3.86. The lowest BCUT2D eigenvalue weighted by molar-refractivity contribution is 0.578. The Morgan fingerprint density at radius 1 is 1.08 bits per heavy atom. The normalized spacial score (nSPS) is 11.5. The van der Waals surface area contributed by atoms with Gasteiger partial charge in [-0.25, -0.2) is 4.39 Å². The number of benzene rings is 2. The zero-order chi connectivity index (χ0) is 17.2. The molecule has 0 saturated carbocycles. The molecule has 0 bridgehead atoms. The summed E-state index contributed by atoms with van der Waals surface area (Å²) in [5, 5.41) is 4.21. The molecule has 6 nitrogen and oxygen atoms in total. The number of hydrogen-bond donors (Lipinski definition) is 1. The Balaban J connectivity index is 1.84. The van der Waals surface area contributed by atoms with Crippen molar-refractivity contribution in [2.24, 2.45) is 0 Å². The molecule has 0 aliphatic rings. The van der Waals surface area contributed by atoms with E-state index in [4.69, 9.17) is 5.73 Å². The molecular formula is C15H13FN4O2S2. The van der Waals surface area contributed by atoms with Crippen LogP contribution in [0.2, 0.25) is 0 Å². The van der Waals surface area contributed by atoms with Gasteiger partial charge in [-0.15, -0.1) is 9.19 Å². The average Bonchev–Trinajstić information content (AvgIpc) is 2.96. The summed E-state index contributed by atoms with van der Waals surface area (Å²) >= 11 is 1.27. The fourth-order valence-electron chi connectivity index (χ4n) is 1.96. The maximum Gasteiger partial charge on any atom is 0.286 e. The third-order valence-corrected chi connectivity index (χ3v) is 5.63. The fraction of sp³-hybridized carbons (Fsp3) is 0.0667. The van der Waals surface area contributed by atoms with Crippen LogP contribution in [0.5, 0.6) is 0 Å². The highest BCUT2D eigenvalue weighted by molar-refractivity contribution is 7.98. The van der Waals surface area contributed by atoms with Gasteiger partial charge in [0, 0.05) is 5.75 Å². The molecule has 3 rings (SSSR count). The summed E-state index contributed by atoms with van der Waals surface area (Å²) in [5.74, 6) is -0.185. The summed E-state index contributed by atoms with van der Waals surface area (Å²) in [7, 11) is -4.01. The SMILES string of the molecule is Nc1nc(SCc2ccccc2)nn1S(=O)(=O)c1ccc(F)cc1. The van der Waals surface area contributed by atoms with E-state index in [0.717, 1.165) is 29.8 Å². The highest BCUT2D eigenvalue weighted by Crippen LogP contribution is 2.23. The molecule has 0 radical (unpaired) electrons. The van der Waals surface area contributed by atoms with Crippen LogP contribution in [0.25, 0.3) is 0 Å². The number of nitrogens with zero attached hydrogens (tertiary/aromatic N) is 3. The van der Waals surface area contributed by atoms with Crippen molar-refractivity contribution in [1.29, 1.82) is 0 Å². The Morgan fingerprint density at radius 2 is 1.75 bits per heavy atom. The van der Waals surface area contributed by atoms with E-state index in [1.54, 1.807) is 0 Å². The van der Waals surface area contributed by atoms with Crippen molar-refractivity contribution in [2.75, 3.05) is 5.73 Å². The van der Waals surface area contributed by atoms with Gasteiger partial charge in [0.2, 0.25) is 11.1 Å². The van der Waals surface area contributed by atoms with E-state index in [1.807, 2.05) is 30.3 Å². The van der Waals surface area contributed by atoms with Gasteiger partial charge in [0.1, 0.15) is 5.82 Å². The topological polar surface area (TPSA) is 90.9 Å². The number of halogens is 1. The quantitative estimate of drug-likeness (QED) is 0.700. The van der Waals surface area contributed by atoms with Gasteiger partial charge in [-0.1, -0.05) is 42.1 Å². The highest BCUT2D eigenvalue weighted by Gasteiger charge is 2.22. The molecule has 2 aromatic carbocycles. The molecule has 24 heavy (non-hydrogen) atoms. The van der Waals surface area contributed by atoms with Crippen molar-refractivity contribution in [3.63, 3.8) is 0 Å². The minimum absolute atomic E-state index is 0.111. The minimum atomic E-state index is -4.01. The van der Waals surface area contributed by atoms with Gasteiger partial charge in [0.25, 0.3) is 10.0 Å². The lowest BCUT2D eigenvalue weighted by Gasteiger charge is -2.04. The molecule has 0 amide bonds. The lowest BCUT2D eigenvalue weighted by atomic mass is 10.2. The Labute approximate surface area is 142 Å². The standard InChI is InChI=1S/C15H13FN4O2S2/c16-12-6-8-13(9-7-12)24(21,22)20-14(17)18-15(19-20)23-10-11-4-2-1-3-5-11/h1-9H,10H2,(H2,17,18,19). The van der Waals surface area contributed by atoms with E-state index in [-0.39, 0.29) is 16.0 Å². The maximum atomic E-state index is 13.0. The average molecular weight is 364 g/mol. The first-order valence-corrected chi connectivity index (χ1v) is 9.30. The second-order valence-electron chi connectivity index (χ2n) is 4.83. The van der Waals surface area contributed by atoms with E-state index in [9.17, 15) is 12.8 Å². The lowest BCUT2D eigenvalue weighted by Crippen LogP contribution is -2.17. The van der Waals surface area contributed by atoms with Crippen LogP contribution in [0.15, 0.2) is 64.6 Å². The number of rotatable bonds is 5. The van der Waals surface area contributed by atoms with Crippen LogP contribution >= 0.6 is 11.8 Å². The molecule has 0 unspecified atom stereocenters. The van der Waals surface area contributed by atoms with E-state index in [0.29, 0.717) is 9.84 Å². The molecule has 3 aromatic rings. The number of nitrogens with two attached hydrogens (primary N) is 1. The van der Waals surface area contributed by atoms with Crippen molar-refractivity contribution in [3.8, 4) is 0 Å². The molecule has 124 valence electrons. The second kappa shape index (κ2) is 6.62. The zero-order valence-electron chi connectivity index (χ0n) is 12.3. The second-order valence-corrected chi connectivity index (χ2v) is 7.54. The van der Waals surface area contributed by atoms with Gasteiger partial charge in [0.05, 0.1) is 4.90 Å². The summed E-state index contributed by atoms with van der Waals surface area (Å²) in [5.41, 5.74) is 6.74. The number of aromatic nitrogens is 3. The summed E-state index contributed by atoms with van der Waals surface area (Å²) in [6, 6.07) is 14.1. The van der Waals surface area contributed by atoms with Crippen molar-refractivity contribution >= 4 is 27.7 Å². The van der Waals surface area contributed by atoms with Crippen LogP contribution in [0.3, 0.4) is 0 Å². The van der Waals surface area contributed by atoms with Gasteiger partial charge >= 0.3 is 0 Å². The van der Waals surface area contributed by atoms with Crippen LogP contribution in [0, 0.1) is 5.82 Å². The molecule has 0 fully saturated rings. The molecule has 0 spiro atoms. The molecule has 9 heteroatoms.